The number of methoxy groups -OCH3 is 1. The van der Waals surface area contributed by atoms with E-state index in [-0.39, 0.29) is 13.2 Å². The minimum atomic E-state index is -1.04. The first-order valence-corrected chi connectivity index (χ1v) is 3.59. The van der Waals surface area contributed by atoms with Crippen molar-refractivity contribution in [2.24, 2.45) is 0 Å². The normalized spacial score (nSPS) is 15.6. The van der Waals surface area contributed by atoms with Gasteiger partial charge >= 0.3 is 5.97 Å². The molecular formula is C7H14O5. The van der Waals surface area contributed by atoms with Crippen LogP contribution in [0, 0.1) is 0 Å². The summed E-state index contributed by atoms with van der Waals surface area (Å²) in [6, 6.07) is 0. The highest BCUT2D eigenvalue weighted by Gasteiger charge is 2.13. The van der Waals surface area contributed by atoms with Crippen molar-refractivity contribution < 1.29 is 24.5 Å². The molecule has 2 N–H and O–H groups in total. The standard InChI is InChI=1S/C7H14O5/c1-5(7(9)10)12-4-6(8)3-11-2/h5-6,8H,3-4H2,1-2H3,(H,9,10)/t5-,6?/m0/s1. The summed E-state index contributed by atoms with van der Waals surface area (Å²) in [5.41, 5.74) is 0. The third kappa shape index (κ3) is 5.06. The van der Waals surface area contributed by atoms with Crippen molar-refractivity contribution in [2.75, 3.05) is 20.3 Å². The molecule has 0 saturated heterocycles. The van der Waals surface area contributed by atoms with Crippen LogP contribution in [0.25, 0.3) is 0 Å². The van der Waals surface area contributed by atoms with E-state index >= 15 is 0 Å². The predicted octanol–water partition coefficient (Wildman–Crippen LogP) is -0.517. The van der Waals surface area contributed by atoms with Gasteiger partial charge in [-0.05, 0) is 6.92 Å². The summed E-state index contributed by atoms with van der Waals surface area (Å²) in [6.07, 6.45) is -1.66. The molecule has 0 bridgehead atoms. The molecule has 0 aromatic heterocycles. The number of ether oxygens (including phenoxy) is 2. The van der Waals surface area contributed by atoms with E-state index in [1.54, 1.807) is 0 Å². The van der Waals surface area contributed by atoms with Gasteiger partial charge in [0, 0.05) is 7.11 Å². The zero-order valence-electron chi connectivity index (χ0n) is 7.19. The highest BCUT2D eigenvalue weighted by Crippen LogP contribution is 1.93. The van der Waals surface area contributed by atoms with Gasteiger partial charge in [0.25, 0.3) is 0 Å². The number of carboxylic acids is 1. The lowest BCUT2D eigenvalue weighted by atomic mass is 10.4. The van der Waals surface area contributed by atoms with Crippen LogP contribution in [0.15, 0.2) is 0 Å². The van der Waals surface area contributed by atoms with Crippen molar-refractivity contribution in [1.29, 1.82) is 0 Å². The molecule has 0 aromatic rings. The van der Waals surface area contributed by atoms with Crippen molar-refractivity contribution in [3.05, 3.63) is 0 Å². The monoisotopic (exact) mass is 178 g/mol. The Morgan fingerprint density at radius 3 is 2.50 bits per heavy atom. The zero-order valence-corrected chi connectivity index (χ0v) is 7.19. The van der Waals surface area contributed by atoms with Crippen molar-refractivity contribution in [3.63, 3.8) is 0 Å². The van der Waals surface area contributed by atoms with Gasteiger partial charge < -0.3 is 19.7 Å². The lowest BCUT2D eigenvalue weighted by molar-refractivity contribution is -0.151. The summed E-state index contributed by atoms with van der Waals surface area (Å²) in [7, 11) is 1.45. The second-order valence-electron chi connectivity index (χ2n) is 2.42. The van der Waals surface area contributed by atoms with E-state index in [0.717, 1.165) is 0 Å². The number of aliphatic hydroxyl groups is 1. The summed E-state index contributed by atoms with van der Waals surface area (Å²) in [6.45, 7) is 1.52. The Morgan fingerprint density at radius 2 is 2.08 bits per heavy atom. The molecule has 0 aliphatic carbocycles. The number of rotatable bonds is 6. The third-order valence-corrected chi connectivity index (χ3v) is 1.25. The van der Waals surface area contributed by atoms with Crippen molar-refractivity contribution in [2.45, 2.75) is 19.1 Å². The highest BCUT2D eigenvalue weighted by atomic mass is 16.5. The summed E-state index contributed by atoms with van der Waals surface area (Å²) >= 11 is 0. The van der Waals surface area contributed by atoms with Crippen LogP contribution in [-0.4, -0.2) is 48.7 Å². The summed E-state index contributed by atoms with van der Waals surface area (Å²) in [5.74, 6) is -1.04. The van der Waals surface area contributed by atoms with Gasteiger partial charge in [0.2, 0.25) is 0 Å². The maximum atomic E-state index is 10.2. The molecule has 0 rings (SSSR count). The van der Waals surface area contributed by atoms with E-state index in [4.69, 9.17) is 14.9 Å². The molecule has 0 radical (unpaired) electrons. The van der Waals surface area contributed by atoms with Gasteiger partial charge in [-0.3, -0.25) is 0 Å². The van der Waals surface area contributed by atoms with Gasteiger partial charge in [0.15, 0.2) is 6.10 Å². The first kappa shape index (κ1) is 11.4. The van der Waals surface area contributed by atoms with Crippen LogP contribution in [-0.2, 0) is 14.3 Å². The van der Waals surface area contributed by atoms with Crippen LogP contribution in [0.5, 0.6) is 0 Å². The Labute approximate surface area is 70.9 Å². The number of carbonyl (C=O) groups is 1. The van der Waals surface area contributed by atoms with Gasteiger partial charge in [-0.25, -0.2) is 4.79 Å². The molecule has 0 fully saturated rings. The number of hydrogen-bond acceptors (Lipinski definition) is 4. The van der Waals surface area contributed by atoms with Crippen molar-refractivity contribution in [1.82, 2.24) is 0 Å². The van der Waals surface area contributed by atoms with Crippen LogP contribution in [0.2, 0.25) is 0 Å². The molecule has 5 nitrogen and oxygen atoms in total. The number of aliphatic carboxylic acids is 1. The molecule has 5 heteroatoms. The summed E-state index contributed by atoms with van der Waals surface area (Å²) in [4.78, 5) is 10.2. The fourth-order valence-electron chi connectivity index (χ4n) is 0.567. The summed E-state index contributed by atoms with van der Waals surface area (Å²) < 4.78 is 9.41. The molecule has 0 spiro atoms. The average Bonchev–Trinajstić information content (AvgIpc) is 2.00. The quantitative estimate of drug-likeness (QED) is 0.572. The molecule has 0 aliphatic rings. The third-order valence-electron chi connectivity index (χ3n) is 1.25. The van der Waals surface area contributed by atoms with Crippen LogP contribution in [0.1, 0.15) is 6.92 Å². The van der Waals surface area contributed by atoms with Crippen molar-refractivity contribution in [3.8, 4) is 0 Å². The second kappa shape index (κ2) is 5.93. The molecular weight excluding hydrogens is 164 g/mol. The lowest BCUT2D eigenvalue weighted by Gasteiger charge is -2.12. The van der Waals surface area contributed by atoms with E-state index in [2.05, 4.69) is 4.74 Å². The van der Waals surface area contributed by atoms with Gasteiger partial charge in [-0.1, -0.05) is 0 Å². The molecule has 72 valence electrons. The van der Waals surface area contributed by atoms with E-state index in [0.29, 0.717) is 0 Å². The maximum absolute atomic E-state index is 10.2. The molecule has 0 aliphatic heterocycles. The van der Waals surface area contributed by atoms with Gasteiger partial charge in [0.05, 0.1) is 13.2 Å². The van der Waals surface area contributed by atoms with Crippen molar-refractivity contribution >= 4 is 5.97 Å². The van der Waals surface area contributed by atoms with E-state index in [1.807, 2.05) is 0 Å². The summed E-state index contributed by atoms with van der Waals surface area (Å²) in [5, 5.41) is 17.4. The minimum Gasteiger partial charge on any atom is -0.479 e. The zero-order chi connectivity index (χ0) is 9.56. The van der Waals surface area contributed by atoms with E-state index in [9.17, 15) is 4.79 Å². The molecule has 2 atom stereocenters. The molecule has 0 aromatic carbocycles. The molecule has 0 amide bonds. The predicted molar refractivity (Wildman–Crippen MR) is 40.9 cm³/mol. The van der Waals surface area contributed by atoms with E-state index < -0.39 is 18.2 Å². The minimum absolute atomic E-state index is 0.0265. The molecule has 12 heavy (non-hydrogen) atoms. The topological polar surface area (TPSA) is 76.0 Å². The molecule has 1 unspecified atom stereocenters. The fraction of sp³-hybridized carbons (Fsp3) is 0.857. The number of hydrogen-bond donors (Lipinski definition) is 2. The van der Waals surface area contributed by atoms with Gasteiger partial charge in [-0.2, -0.15) is 0 Å². The first-order chi connectivity index (χ1) is 5.57. The Hall–Kier alpha value is -0.650. The number of aliphatic hydroxyl groups excluding tert-OH is 1. The van der Waals surface area contributed by atoms with Crippen LogP contribution < -0.4 is 0 Å². The lowest BCUT2D eigenvalue weighted by Crippen LogP contribution is -2.27. The average molecular weight is 178 g/mol. The maximum Gasteiger partial charge on any atom is 0.332 e. The smallest absolute Gasteiger partial charge is 0.332 e. The fourth-order valence-corrected chi connectivity index (χ4v) is 0.567. The molecule has 0 saturated carbocycles. The Balaban J connectivity index is 3.46. The first-order valence-electron chi connectivity index (χ1n) is 3.59. The Kier molecular flexibility index (Phi) is 5.61. The Morgan fingerprint density at radius 1 is 1.50 bits per heavy atom. The van der Waals surface area contributed by atoms with Gasteiger partial charge in [-0.15, -0.1) is 0 Å². The van der Waals surface area contributed by atoms with E-state index in [1.165, 1.54) is 14.0 Å². The van der Waals surface area contributed by atoms with Crippen LogP contribution in [0.4, 0.5) is 0 Å². The number of carboxylic acid groups (broad SMARTS) is 1. The SMILES string of the molecule is COCC(O)CO[C@@H](C)C(=O)O. The highest BCUT2D eigenvalue weighted by molar-refractivity contribution is 5.71. The molecule has 0 heterocycles. The largest absolute Gasteiger partial charge is 0.479 e. The van der Waals surface area contributed by atoms with Crippen LogP contribution in [0.3, 0.4) is 0 Å². The Bertz CT molecular complexity index is 136. The van der Waals surface area contributed by atoms with Crippen LogP contribution >= 0.6 is 0 Å². The van der Waals surface area contributed by atoms with Gasteiger partial charge in [0.1, 0.15) is 6.10 Å². The second-order valence-corrected chi connectivity index (χ2v) is 2.42.